The first-order valence-electron chi connectivity index (χ1n) is 10.6. The summed E-state index contributed by atoms with van der Waals surface area (Å²) in [6.45, 7) is 1.69. The van der Waals surface area contributed by atoms with Crippen molar-refractivity contribution in [3.8, 4) is 6.07 Å². The van der Waals surface area contributed by atoms with Gasteiger partial charge in [-0.1, -0.05) is 0 Å². The molecule has 2 saturated heterocycles. The van der Waals surface area contributed by atoms with Gasteiger partial charge in [-0.15, -0.1) is 0 Å². The smallest absolute Gasteiger partial charge is 0.382 e. The second-order valence-corrected chi connectivity index (χ2v) is 8.52. The van der Waals surface area contributed by atoms with Crippen LogP contribution in [0.2, 0.25) is 0 Å². The number of methoxy groups -OCH3 is 1. The number of hydrogen-bond acceptors (Lipinski definition) is 6. The van der Waals surface area contributed by atoms with Crippen molar-refractivity contribution in [1.82, 2.24) is 4.90 Å². The van der Waals surface area contributed by atoms with Crippen LogP contribution in [0, 0.1) is 16.7 Å². The average Bonchev–Trinajstić information content (AvgIpc) is 3.16. The molecule has 2 amide bonds. The predicted octanol–water partition coefficient (Wildman–Crippen LogP) is 1.91. The Morgan fingerprint density at radius 2 is 1.97 bits per heavy atom. The summed E-state index contributed by atoms with van der Waals surface area (Å²) in [7, 11) is 1.52. The van der Waals surface area contributed by atoms with E-state index in [2.05, 4.69) is 0 Å². The highest BCUT2D eigenvalue weighted by molar-refractivity contribution is 5.88. The fourth-order valence-corrected chi connectivity index (χ4v) is 4.62. The third-order valence-electron chi connectivity index (χ3n) is 6.43. The second-order valence-electron chi connectivity index (χ2n) is 8.52. The Morgan fingerprint density at radius 3 is 2.55 bits per heavy atom. The molecule has 1 spiro atoms. The molecule has 1 unspecified atom stereocenters. The van der Waals surface area contributed by atoms with Crippen LogP contribution in [0.25, 0.3) is 0 Å². The van der Waals surface area contributed by atoms with Gasteiger partial charge in [0.1, 0.15) is 12.6 Å². The molecule has 2 fully saturated rings. The molecule has 8 nitrogen and oxygen atoms in total. The highest BCUT2D eigenvalue weighted by Gasteiger charge is 2.49. The van der Waals surface area contributed by atoms with Gasteiger partial charge in [-0.2, -0.15) is 18.4 Å². The Morgan fingerprint density at radius 1 is 1.27 bits per heavy atom. The fraction of sp³-hybridized carbons (Fsp3) is 0.591. The molecule has 11 heteroatoms. The molecule has 1 atom stereocenters. The monoisotopic (exact) mass is 468 g/mol. The summed E-state index contributed by atoms with van der Waals surface area (Å²) in [5.74, 6) is -0.905. The number of nitrogens with two attached hydrogens (primary N) is 1. The van der Waals surface area contributed by atoms with E-state index in [0.29, 0.717) is 51.2 Å². The Kier molecular flexibility index (Phi) is 7.49. The number of nitriles is 1. The molecular formula is C22H27F3N4O4. The lowest BCUT2D eigenvalue weighted by molar-refractivity contribution is -0.141. The van der Waals surface area contributed by atoms with E-state index in [9.17, 15) is 22.8 Å². The highest BCUT2D eigenvalue weighted by Crippen LogP contribution is 2.44. The number of rotatable bonds is 7. The van der Waals surface area contributed by atoms with Gasteiger partial charge in [0.05, 0.1) is 30.4 Å². The minimum Gasteiger partial charge on any atom is -0.382 e. The summed E-state index contributed by atoms with van der Waals surface area (Å²) in [5, 5.41) is 8.99. The number of likely N-dealkylation sites (tertiary alicyclic amines) is 1. The maximum atomic E-state index is 13.3. The third kappa shape index (κ3) is 5.57. The van der Waals surface area contributed by atoms with E-state index >= 15 is 0 Å². The molecule has 0 bridgehead atoms. The number of carbonyl (C=O) groups excluding carboxylic acids is 2. The van der Waals surface area contributed by atoms with Crippen LogP contribution in [0.4, 0.5) is 18.9 Å². The predicted molar refractivity (Wildman–Crippen MR) is 112 cm³/mol. The summed E-state index contributed by atoms with van der Waals surface area (Å²) in [4.78, 5) is 28.0. The van der Waals surface area contributed by atoms with E-state index in [-0.39, 0.29) is 24.5 Å². The molecule has 0 aliphatic carbocycles. The molecule has 1 aromatic rings. The van der Waals surface area contributed by atoms with Gasteiger partial charge in [0, 0.05) is 32.4 Å². The Labute approximate surface area is 190 Å². The maximum absolute atomic E-state index is 13.3. The Balaban J connectivity index is 1.68. The van der Waals surface area contributed by atoms with E-state index in [1.54, 1.807) is 6.07 Å². The van der Waals surface area contributed by atoms with Crippen molar-refractivity contribution in [2.45, 2.75) is 31.5 Å². The molecule has 0 radical (unpaired) electrons. The molecule has 2 heterocycles. The van der Waals surface area contributed by atoms with Gasteiger partial charge in [0.15, 0.2) is 0 Å². The van der Waals surface area contributed by atoms with Crippen molar-refractivity contribution < 1.29 is 32.2 Å². The van der Waals surface area contributed by atoms with E-state index in [1.165, 1.54) is 24.1 Å². The number of alkyl halides is 3. The van der Waals surface area contributed by atoms with Crippen molar-refractivity contribution in [2.24, 2.45) is 11.1 Å². The molecule has 33 heavy (non-hydrogen) atoms. The normalized spacial score (nSPS) is 20.2. The lowest BCUT2D eigenvalue weighted by Crippen LogP contribution is -2.45. The van der Waals surface area contributed by atoms with Gasteiger partial charge in [-0.3, -0.25) is 9.59 Å². The first kappa shape index (κ1) is 24.8. The van der Waals surface area contributed by atoms with E-state index in [4.69, 9.17) is 20.5 Å². The van der Waals surface area contributed by atoms with Crippen molar-refractivity contribution in [2.75, 3.05) is 51.5 Å². The zero-order valence-electron chi connectivity index (χ0n) is 18.4. The lowest BCUT2D eigenvalue weighted by atomic mass is 9.76. The quantitative estimate of drug-likeness (QED) is 0.613. The molecule has 2 aliphatic rings. The number of hydrogen-bond donors (Lipinski definition) is 1. The van der Waals surface area contributed by atoms with E-state index in [0.717, 1.165) is 6.07 Å². The highest BCUT2D eigenvalue weighted by atomic mass is 19.4. The number of ether oxygens (including phenoxy) is 2. The summed E-state index contributed by atoms with van der Waals surface area (Å²) in [6, 6.07) is 4.56. The number of piperidine rings is 1. The van der Waals surface area contributed by atoms with Gasteiger partial charge in [-0.25, -0.2) is 0 Å². The van der Waals surface area contributed by atoms with Crippen molar-refractivity contribution >= 4 is 17.5 Å². The molecule has 2 aliphatic heterocycles. The largest absolute Gasteiger partial charge is 0.417 e. The second kappa shape index (κ2) is 9.97. The average molecular weight is 468 g/mol. The van der Waals surface area contributed by atoms with Crippen molar-refractivity contribution in [3.63, 3.8) is 0 Å². The SMILES string of the molecule is COCCOCC(=O)N1CC2(CCN(c3ccc(C#N)c(C(F)(F)F)c3)CC2)CC1C(N)=O. The zero-order chi connectivity index (χ0) is 24.2. The number of halogens is 3. The van der Waals surface area contributed by atoms with Crippen LogP contribution in [0.1, 0.15) is 30.4 Å². The van der Waals surface area contributed by atoms with Gasteiger partial charge in [0.2, 0.25) is 11.8 Å². The van der Waals surface area contributed by atoms with Gasteiger partial charge >= 0.3 is 6.18 Å². The Bertz CT molecular complexity index is 923. The van der Waals surface area contributed by atoms with Crippen LogP contribution in [0.3, 0.4) is 0 Å². The lowest BCUT2D eigenvalue weighted by Gasteiger charge is -2.40. The van der Waals surface area contributed by atoms with Crippen molar-refractivity contribution in [3.05, 3.63) is 29.3 Å². The van der Waals surface area contributed by atoms with Crippen LogP contribution in [0.15, 0.2) is 18.2 Å². The van der Waals surface area contributed by atoms with Crippen LogP contribution in [-0.2, 0) is 25.2 Å². The third-order valence-corrected chi connectivity index (χ3v) is 6.43. The molecular weight excluding hydrogens is 441 g/mol. The summed E-state index contributed by atoms with van der Waals surface area (Å²) in [6.07, 6.45) is -3.02. The molecule has 0 aromatic heterocycles. The Hall–Kier alpha value is -2.84. The maximum Gasteiger partial charge on any atom is 0.417 e. The summed E-state index contributed by atoms with van der Waals surface area (Å²) >= 11 is 0. The summed E-state index contributed by atoms with van der Waals surface area (Å²) in [5.41, 5.74) is 4.24. The van der Waals surface area contributed by atoms with Crippen LogP contribution < -0.4 is 10.6 Å². The van der Waals surface area contributed by atoms with Crippen LogP contribution in [0.5, 0.6) is 0 Å². The van der Waals surface area contributed by atoms with Crippen LogP contribution in [-0.4, -0.2) is 69.3 Å². The van der Waals surface area contributed by atoms with E-state index < -0.39 is 29.3 Å². The number of carbonyl (C=O) groups is 2. The first-order valence-corrected chi connectivity index (χ1v) is 10.6. The number of nitrogens with zero attached hydrogens (tertiary/aromatic N) is 3. The van der Waals surface area contributed by atoms with Gasteiger partial charge in [0.25, 0.3) is 0 Å². The van der Waals surface area contributed by atoms with E-state index in [1.807, 2.05) is 4.90 Å². The number of anilines is 1. The fourth-order valence-electron chi connectivity index (χ4n) is 4.62. The molecule has 2 N–H and O–H groups in total. The van der Waals surface area contributed by atoms with Gasteiger partial charge < -0.3 is 25.0 Å². The molecule has 3 rings (SSSR count). The van der Waals surface area contributed by atoms with Crippen LogP contribution >= 0.6 is 0 Å². The minimum atomic E-state index is -4.62. The van der Waals surface area contributed by atoms with Crippen molar-refractivity contribution in [1.29, 1.82) is 5.26 Å². The number of amides is 2. The molecule has 1 aromatic carbocycles. The topological polar surface area (TPSA) is 109 Å². The molecule has 180 valence electrons. The summed E-state index contributed by atoms with van der Waals surface area (Å²) < 4.78 is 50.1. The van der Waals surface area contributed by atoms with Gasteiger partial charge in [-0.05, 0) is 42.9 Å². The number of benzene rings is 1. The first-order chi connectivity index (χ1) is 15.6. The molecule has 0 saturated carbocycles. The number of primary amides is 1. The minimum absolute atomic E-state index is 0.180. The standard InChI is InChI=1S/C22H27F3N4O4/c1-32-8-9-33-13-19(30)29-14-21(11-18(29)20(27)31)4-6-28(7-5-21)16-3-2-15(12-26)17(10-16)22(23,24)25/h2-3,10,18H,4-9,11,13-14H2,1H3,(H2,27,31). The zero-order valence-corrected chi connectivity index (χ0v) is 18.4.